The van der Waals surface area contributed by atoms with Gasteiger partial charge in [0.1, 0.15) is 24.4 Å². The molecule has 3 rings (SSSR count). The van der Waals surface area contributed by atoms with Crippen molar-refractivity contribution >= 4 is 23.4 Å². The third kappa shape index (κ3) is 6.89. The molecule has 0 aliphatic carbocycles. The summed E-state index contributed by atoms with van der Waals surface area (Å²) in [7, 11) is 0. The first-order chi connectivity index (χ1) is 15.4. The topological polar surface area (TPSA) is 78.8 Å². The summed E-state index contributed by atoms with van der Waals surface area (Å²) >= 11 is 6.04. The van der Waals surface area contributed by atoms with E-state index in [0.717, 1.165) is 66.9 Å². The van der Waals surface area contributed by atoms with Crippen LogP contribution in [0.5, 0.6) is 0 Å². The van der Waals surface area contributed by atoms with E-state index in [9.17, 15) is 9.90 Å². The molecule has 0 spiro atoms. The molecule has 1 fully saturated rings. The second-order valence-electron chi connectivity index (χ2n) is 8.34. The van der Waals surface area contributed by atoms with E-state index in [2.05, 4.69) is 14.8 Å². The van der Waals surface area contributed by atoms with Crippen LogP contribution in [0.3, 0.4) is 0 Å². The van der Waals surface area contributed by atoms with Crippen molar-refractivity contribution in [2.24, 2.45) is 0 Å². The zero-order valence-electron chi connectivity index (χ0n) is 19.2. The summed E-state index contributed by atoms with van der Waals surface area (Å²) in [6, 6.07) is 7.89. The van der Waals surface area contributed by atoms with Crippen molar-refractivity contribution in [1.29, 1.82) is 0 Å². The lowest BCUT2D eigenvalue weighted by Gasteiger charge is -2.37. The molecule has 1 aliphatic heterocycles. The Morgan fingerprint density at radius 1 is 1.16 bits per heavy atom. The van der Waals surface area contributed by atoms with E-state index in [1.807, 2.05) is 45.0 Å². The van der Waals surface area contributed by atoms with Gasteiger partial charge in [-0.25, -0.2) is 9.97 Å². The maximum Gasteiger partial charge on any atom is 0.305 e. The Morgan fingerprint density at radius 2 is 1.84 bits per heavy atom. The molecular formula is C24H33ClN4O3. The smallest absolute Gasteiger partial charge is 0.305 e. The van der Waals surface area contributed by atoms with Gasteiger partial charge in [0.05, 0.1) is 0 Å². The normalized spacial score (nSPS) is 15.6. The van der Waals surface area contributed by atoms with Crippen LogP contribution < -0.4 is 4.90 Å². The number of carbonyl (C=O) groups is 1. The van der Waals surface area contributed by atoms with Crippen LogP contribution in [0.25, 0.3) is 0 Å². The van der Waals surface area contributed by atoms with Gasteiger partial charge in [0.2, 0.25) is 0 Å². The molecule has 1 N–H and O–H groups in total. The molecule has 1 atom stereocenters. The van der Waals surface area contributed by atoms with Gasteiger partial charge in [-0.15, -0.1) is 0 Å². The molecule has 0 radical (unpaired) electrons. The van der Waals surface area contributed by atoms with E-state index in [4.69, 9.17) is 21.3 Å². The highest BCUT2D eigenvalue weighted by Gasteiger charge is 2.24. The predicted octanol–water partition coefficient (Wildman–Crippen LogP) is 3.16. The number of β-amino-alcohol motifs (C(OH)–C–C–N with tert-alkyl or cyclic N) is 1. The number of aliphatic hydroxyl groups is 1. The lowest BCUT2D eigenvalue weighted by atomic mass is 10.0. The Balaban J connectivity index is 1.61. The highest BCUT2D eigenvalue weighted by molar-refractivity contribution is 6.30. The van der Waals surface area contributed by atoms with Crippen LogP contribution in [-0.2, 0) is 16.0 Å². The number of hydrogen-bond donors (Lipinski definition) is 1. The number of halogens is 1. The summed E-state index contributed by atoms with van der Waals surface area (Å²) in [4.78, 5) is 25.4. The molecule has 2 aromatic rings. The summed E-state index contributed by atoms with van der Waals surface area (Å²) < 4.78 is 5.13. The zero-order valence-corrected chi connectivity index (χ0v) is 19.9. The predicted molar refractivity (Wildman–Crippen MR) is 126 cm³/mol. The molecule has 0 bridgehead atoms. The van der Waals surface area contributed by atoms with Crippen LogP contribution in [0, 0.1) is 13.8 Å². The Kier molecular flexibility index (Phi) is 8.84. The maximum absolute atomic E-state index is 11.5. The fraction of sp³-hybridized carbons (Fsp3) is 0.542. The molecule has 1 unspecified atom stereocenters. The van der Waals surface area contributed by atoms with Crippen molar-refractivity contribution in [3.05, 3.63) is 51.9 Å². The van der Waals surface area contributed by atoms with Gasteiger partial charge in [-0.3, -0.25) is 9.69 Å². The summed E-state index contributed by atoms with van der Waals surface area (Å²) in [5, 5.41) is 11.0. The number of aliphatic hydroxyl groups excluding tert-OH is 1. The number of hydrogen-bond acceptors (Lipinski definition) is 7. The second-order valence-corrected chi connectivity index (χ2v) is 8.77. The van der Waals surface area contributed by atoms with Gasteiger partial charge in [-0.1, -0.05) is 30.7 Å². The molecule has 1 aromatic heterocycles. The first-order valence-electron chi connectivity index (χ1n) is 11.2. The average Bonchev–Trinajstić information content (AvgIpc) is 2.76. The van der Waals surface area contributed by atoms with E-state index in [0.29, 0.717) is 13.0 Å². The van der Waals surface area contributed by atoms with Gasteiger partial charge >= 0.3 is 5.97 Å². The van der Waals surface area contributed by atoms with Crippen LogP contribution in [-0.4, -0.2) is 71.4 Å². The molecule has 8 heteroatoms. The van der Waals surface area contributed by atoms with E-state index in [1.165, 1.54) is 5.56 Å². The number of carbonyl (C=O) groups excluding carboxylic acids is 1. The number of aromatic nitrogens is 2. The number of esters is 1. The first-order valence-corrected chi connectivity index (χ1v) is 11.6. The van der Waals surface area contributed by atoms with Gasteiger partial charge in [-0.2, -0.15) is 0 Å². The first kappa shape index (κ1) is 24.4. The minimum absolute atomic E-state index is 0.0502. The number of aryl methyl sites for hydroxylation is 2. The van der Waals surface area contributed by atoms with Crippen LogP contribution in [0.4, 0.5) is 5.82 Å². The number of anilines is 1. The van der Waals surface area contributed by atoms with Gasteiger partial charge in [0.15, 0.2) is 0 Å². The minimum atomic E-state index is -0.675. The summed E-state index contributed by atoms with van der Waals surface area (Å²) in [5.74, 6) is 1.50. The molecule has 0 saturated carbocycles. The Morgan fingerprint density at radius 3 is 2.50 bits per heavy atom. The number of rotatable bonds is 9. The largest absolute Gasteiger partial charge is 0.463 e. The number of piperazine rings is 1. The third-order valence-corrected chi connectivity index (χ3v) is 5.88. The molecule has 32 heavy (non-hydrogen) atoms. The van der Waals surface area contributed by atoms with E-state index >= 15 is 0 Å². The van der Waals surface area contributed by atoms with E-state index in [-0.39, 0.29) is 12.6 Å². The maximum atomic E-state index is 11.5. The third-order valence-electron chi connectivity index (χ3n) is 5.63. The summed E-state index contributed by atoms with van der Waals surface area (Å²) in [6.07, 6.45) is 1.22. The molecule has 1 aromatic carbocycles. The van der Waals surface area contributed by atoms with Gasteiger partial charge in [-0.05, 0) is 38.0 Å². The molecule has 0 amide bonds. The fourth-order valence-corrected chi connectivity index (χ4v) is 4.08. The molecule has 1 saturated heterocycles. The van der Waals surface area contributed by atoms with E-state index in [1.54, 1.807) is 0 Å². The standard InChI is InChI=1S/C24H33ClN4O3/c1-4-5-23(31)32-16-21(30)15-28-10-12-29(13-11-28)24-22(17(2)26-18(3)27-24)14-19-6-8-20(25)9-7-19/h6-9,21,30H,4-5,10-16H2,1-3H3. The van der Waals surface area contributed by atoms with Crippen LogP contribution >= 0.6 is 11.6 Å². The molecule has 2 heterocycles. The highest BCUT2D eigenvalue weighted by atomic mass is 35.5. The monoisotopic (exact) mass is 460 g/mol. The van der Waals surface area contributed by atoms with Gasteiger partial charge in [0, 0.05) is 61.8 Å². The second kappa shape index (κ2) is 11.6. The van der Waals surface area contributed by atoms with E-state index < -0.39 is 6.10 Å². The lowest BCUT2D eigenvalue weighted by molar-refractivity contribution is -0.147. The number of ether oxygens (including phenoxy) is 1. The zero-order chi connectivity index (χ0) is 23.1. The fourth-order valence-electron chi connectivity index (χ4n) is 3.95. The van der Waals surface area contributed by atoms with Crippen LogP contribution in [0.15, 0.2) is 24.3 Å². The average molecular weight is 461 g/mol. The summed E-state index contributed by atoms with van der Waals surface area (Å²) in [5.41, 5.74) is 3.30. The Bertz CT molecular complexity index is 899. The number of benzene rings is 1. The Hall–Kier alpha value is -2.22. The lowest BCUT2D eigenvalue weighted by Crippen LogP contribution is -2.49. The van der Waals surface area contributed by atoms with Crippen LogP contribution in [0.1, 0.15) is 42.4 Å². The molecular weight excluding hydrogens is 428 g/mol. The van der Waals surface area contributed by atoms with Crippen molar-refractivity contribution in [3.8, 4) is 0 Å². The van der Waals surface area contributed by atoms with Crippen molar-refractivity contribution in [1.82, 2.24) is 14.9 Å². The minimum Gasteiger partial charge on any atom is -0.463 e. The Labute approximate surface area is 195 Å². The highest BCUT2D eigenvalue weighted by Crippen LogP contribution is 2.25. The van der Waals surface area contributed by atoms with Gasteiger partial charge in [0.25, 0.3) is 0 Å². The SMILES string of the molecule is CCCC(=O)OCC(O)CN1CCN(c2nc(C)nc(C)c2Cc2ccc(Cl)cc2)CC1. The summed E-state index contributed by atoms with van der Waals surface area (Å²) in [6.45, 7) is 9.67. The quantitative estimate of drug-likeness (QED) is 0.576. The van der Waals surface area contributed by atoms with Crippen molar-refractivity contribution in [2.45, 2.75) is 46.1 Å². The number of nitrogens with zero attached hydrogens (tertiary/aromatic N) is 4. The van der Waals surface area contributed by atoms with Crippen molar-refractivity contribution < 1.29 is 14.6 Å². The molecule has 174 valence electrons. The molecule has 1 aliphatic rings. The van der Waals surface area contributed by atoms with Crippen molar-refractivity contribution in [3.63, 3.8) is 0 Å². The van der Waals surface area contributed by atoms with Gasteiger partial charge < -0.3 is 14.7 Å². The molecule has 7 nitrogen and oxygen atoms in total. The van der Waals surface area contributed by atoms with Crippen LogP contribution in [0.2, 0.25) is 5.02 Å². The van der Waals surface area contributed by atoms with Crippen molar-refractivity contribution in [2.75, 3.05) is 44.2 Å².